The van der Waals surface area contributed by atoms with Crippen molar-refractivity contribution >= 4 is 24.1 Å². The fourth-order valence-corrected chi connectivity index (χ4v) is 4.39. The molecule has 1 fully saturated rings. The predicted molar refractivity (Wildman–Crippen MR) is 134 cm³/mol. The molecule has 1 heterocycles. The number of nitrogens with one attached hydrogen (secondary N) is 2. The minimum absolute atomic E-state index is 0.000362. The summed E-state index contributed by atoms with van der Waals surface area (Å²) >= 11 is 0. The van der Waals surface area contributed by atoms with E-state index in [-0.39, 0.29) is 30.3 Å². The SMILES string of the molecule is CC(=C[C@H](C(C)C)N(C)C(=O)CNC=O)C(=O)N1CCC[C@H]1C(=O)NC(CO)C(O)c1ccccc1. The van der Waals surface area contributed by atoms with Gasteiger partial charge in [-0.2, -0.15) is 0 Å². The second kappa shape index (κ2) is 13.7. The number of nitrogens with zero attached hydrogens (tertiary/aromatic N) is 2. The molecule has 36 heavy (non-hydrogen) atoms. The fourth-order valence-electron chi connectivity index (χ4n) is 4.39. The number of rotatable bonds is 12. The van der Waals surface area contributed by atoms with Crippen LogP contribution >= 0.6 is 0 Å². The summed E-state index contributed by atoms with van der Waals surface area (Å²) in [6, 6.07) is 6.71. The zero-order valence-electron chi connectivity index (χ0n) is 21.4. The summed E-state index contributed by atoms with van der Waals surface area (Å²) in [5.41, 5.74) is 0.969. The van der Waals surface area contributed by atoms with Gasteiger partial charge in [0, 0.05) is 19.2 Å². The molecule has 1 aliphatic heterocycles. The number of aliphatic hydroxyl groups is 2. The highest BCUT2D eigenvalue weighted by atomic mass is 16.3. The van der Waals surface area contributed by atoms with Crippen LogP contribution < -0.4 is 10.6 Å². The van der Waals surface area contributed by atoms with Crippen molar-refractivity contribution in [1.29, 1.82) is 0 Å². The number of amides is 4. The maximum absolute atomic E-state index is 13.3. The van der Waals surface area contributed by atoms with Gasteiger partial charge in [-0.05, 0) is 31.2 Å². The van der Waals surface area contributed by atoms with Gasteiger partial charge in [-0.25, -0.2) is 0 Å². The van der Waals surface area contributed by atoms with Crippen LogP contribution in [0.25, 0.3) is 0 Å². The van der Waals surface area contributed by atoms with E-state index in [4.69, 9.17) is 0 Å². The Balaban J connectivity index is 2.13. The lowest BCUT2D eigenvalue weighted by Gasteiger charge is -2.31. The number of carbonyl (C=O) groups is 4. The minimum Gasteiger partial charge on any atom is -0.394 e. The Morgan fingerprint density at radius 1 is 1.22 bits per heavy atom. The third kappa shape index (κ3) is 7.38. The van der Waals surface area contributed by atoms with Crippen molar-refractivity contribution in [3.63, 3.8) is 0 Å². The molecular formula is C26H38N4O6. The number of carbonyl (C=O) groups excluding carboxylic acids is 4. The number of hydrogen-bond acceptors (Lipinski definition) is 6. The van der Waals surface area contributed by atoms with Crippen molar-refractivity contribution in [2.24, 2.45) is 5.92 Å². The van der Waals surface area contributed by atoms with Crippen molar-refractivity contribution in [3.8, 4) is 0 Å². The van der Waals surface area contributed by atoms with Gasteiger partial charge in [-0.15, -0.1) is 0 Å². The Hall–Kier alpha value is -3.24. The highest BCUT2D eigenvalue weighted by molar-refractivity contribution is 5.97. The van der Waals surface area contributed by atoms with E-state index in [9.17, 15) is 29.4 Å². The number of aliphatic hydroxyl groups excluding tert-OH is 2. The molecule has 0 bridgehead atoms. The van der Waals surface area contributed by atoms with E-state index < -0.39 is 30.7 Å². The third-order valence-corrected chi connectivity index (χ3v) is 6.48. The van der Waals surface area contributed by atoms with Crippen molar-refractivity contribution < 1.29 is 29.4 Å². The van der Waals surface area contributed by atoms with Gasteiger partial charge in [0.05, 0.1) is 25.2 Å². The zero-order chi connectivity index (χ0) is 26.8. The Bertz CT molecular complexity index is 936. The molecule has 1 saturated heterocycles. The molecule has 0 spiro atoms. The molecule has 1 aromatic carbocycles. The first-order chi connectivity index (χ1) is 17.1. The summed E-state index contributed by atoms with van der Waals surface area (Å²) in [6.07, 6.45) is 2.19. The molecule has 0 aromatic heterocycles. The standard InChI is InChI=1S/C26H38N4O6/c1-17(2)22(29(4)23(33)14-27-16-32)13-18(3)26(36)30-12-8-11-21(30)25(35)28-20(15-31)24(34)19-9-6-5-7-10-19/h5-7,9-10,13,16-17,20-22,24,31,34H,8,11-12,14-15H2,1-4H3,(H,27,32)(H,28,35)/t20?,21-,22+,24?/m0/s1. The van der Waals surface area contributed by atoms with Crippen LogP contribution in [0.15, 0.2) is 42.0 Å². The monoisotopic (exact) mass is 502 g/mol. The molecule has 0 aliphatic carbocycles. The third-order valence-electron chi connectivity index (χ3n) is 6.48. The summed E-state index contributed by atoms with van der Waals surface area (Å²) in [5.74, 6) is -1.03. The molecule has 10 nitrogen and oxygen atoms in total. The molecule has 4 atom stereocenters. The van der Waals surface area contributed by atoms with Crippen LogP contribution in [0, 0.1) is 5.92 Å². The van der Waals surface area contributed by atoms with Gasteiger partial charge in [-0.1, -0.05) is 50.3 Å². The summed E-state index contributed by atoms with van der Waals surface area (Å²) in [5, 5.41) is 25.5. The summed E-state index contributed by atoms with van der Waals surface area (Å²) in [7, 11) is 1.62. The summed E-state index contributed by atoms with van der Waals surface area (Å²) in [6.45, 7) is 5.31. The van der Waals surface area contributed by atoms with Gasteiger partial charge in [-0.3, -0.25) is 19.2 Å². The molecule has 4 N–H and O–H groups in total. The average molecular weight is 503 g/mol. The van der Waals surface area contributed by atoms with Crippen molar-refractivity contribution in [2.45, 2.75) is 57.8 Å². The zero-order valence-corrected chi connectivity index (χ0v) is 21.4. The minimum atomic E-state index is -1.10. The van der Waals surface area contributed by atoms with Gasteiger partial charge < -0.3 is 30.6 Å². The van der Waals surface area contributed by atoms with Gasteiger partial charge in [0.15, 0.2) is 0 Å². The van der Waals surface area contributed by atoms with Gasteiger partial charge in [0.25, 0.3) is 0 Å². The summed E-state index contributed by atoms with van der Waals surface area (Å²) in [4.78, 5) is 52.3. The van der Waals surface area contributed by atoms with E-state index in [0.29, 0.717) is 36.9 Å². The smallest absolute Gasteiger partial charge is 0.249 e. The average Bonchev–Trinajstić information content (AvgIpc) is 3.37. The molecule has 2 rings (SSSR count). The number of hydrogen-bond donors (Lipinski definition) is 4. The second-order valence-electron chi connectivity index (χ2n) is 9.40. The van der Waals surface area contributed by atoms with E-state index in [1.807, 2.05) is 13.8 Å². The maximum Gasteiger partial charge on any atom is 0.249 e. The molecular weight excluding hydrogens is 464 g/mol. The Morgan fingerprint density at radius 3 is 2.47 bits per heavy atom. The number of likely N-dealkylation sites (tertiary alicyclic amines) is 1. The molecule has 1 aliphatic rings. The van der Waals surface area contributed by atoms with E-state index in [1.165, 1.54) is 9.80 Å². The first-order valence-electron chi connectivity index (χ1n) is 12.2. The quantitative estimate of drug-likeness (QED) is 0.241. The molecule has 10 heteroatoms. The van der Waals surface area contributed by atoms with Crippen LogP contribution in [0.5, 0.6) is 0 Å². The van der Waals surface area contributed by atoms with E-state index in [1.54, 1.807) is 50.4 Å². The summed E-state index contributed by atoms with van der Waals surface area (Å²) < 4.78 is 0. The largest absolute Gasteiger partial charge is 0.394 e. The van der Waals surface area contributed by atoms with Crippen LogP contribution in [-0.2, 0) is 19.2 Å². The highest BCUT2D eigenvalue weighted by Crippen LogP contribution is 2.23. The van der Waals surface area contributed by atoms with Crippen LogP contribution in [0.1, 0.15) is 45.3 Å². The van der Waals surface area contributed by atoms with Crippen molar-refractivity contribution in [1.82, 2.24) is 20.4 Å². The Morgan fingerprint density at radius 2 is 1.89 bits per heavy atom. The number of benzene rings is 1. The lowest BCUT2D eigenvalue weighted by atomic mass is 9.99. The molecule has 0 saturated carbocycles. The van der Waals surface area contributed by atoms with E-state index in [0.717, 1.165) is 0 Å². The highest BCUT2D eigenvalue weighted by Gasteiger charge is 2.36. The Labute approximate surface area is 212 Å². The lowest BCUT2D eigenvalue weighted by Crippen LogP contribution is -2.51. The molecule has 4 amide bonds. The molecule has 0 radical (unpaired) electrons. The van der Waals surface area contributed by atoms with Crippen LogP contribution in [0.2, 0.25) is 0 Å². The van der Waals surface area contributed by atoms with Gasteiger partial charge in [0.1, 0.15) is 12.1 Å². The molecule has 198 valence electrons. The van der Waals surface area contributed by atoms with E-state index in [2.05, 4.69) is 10.6 Å². The normalized spacial score (nSPS) is 18.4. The Kier molecular flexibility index (Phi) is 11.1. The first-order valence-corrected chi connectivity index (χ1v) is 12.2. The van der Waals surface area contributed by atoms with Gasteiger partial charge >= 0.3 is 0 Å². The first kappa shape index (κ1) is 29.0. The predicted octanol–water partition coefficient (Wildman–Crippen LogP) is 0.363. The fraction of sp³-hybridized carbons (Fsp3) is 0.538. The van der Waals surface area contributed by atoms with Crippen LogP contribution in [0.4, 0.5) is 0 Å². The molecule has 1 aromatic rings. The van der Waals surface area contributed by atoms with E-state index >= 15 is 0 Å². The van der Waals surface area contributed by atoms with Crippen LogP contribution in [-0.4, -0.2) is 89.0 Å². The molecule has 2 unspecified atom stereocenters. The topological polar surface area (TPSA) is 139 Å². The number of likely N-dealkylation sites (N-methyl/N-ethyl adjacent to an activating group) is 1. The lowest BCUT2D eigenvalue weighted by molar-refractivity contribution is -0.136. The maximum atomic E-state index is 13.3. The second-order valence-corrected chi connectivity index (χ2v) is 9.40. The van der Waals surface area contributed by atoms with Crippen LogP contribution in [0.3, 0.4) is 0 Å². The van der Waals surface area contributed by atoms with Crippen molar-refractivity contribution in [2.75, 3.05) is 26.7 Å². The van der Waals surface area contributed by atoms with Crippen molar-refractivity contribution in [3.05, 3.63) is 47.5 Å². The van der Waals surface area contributed by atoms with Gasteiger partial charge in [0.2, 0.25) is 24.1 Å².